The zero-order chi connectivity index (χ0) is 11.4. The van der Waals surface area contributed by atoms with Crippen molar-refractivity contribution in [2.75, 3.05) is 0 Å². The predicted molar refractivity (Wildman–Crippen MR) is 68.1 cm³/mol. The molecule has 2 rings (SSSR count). The van der Waals surface area contributed by atoms with E-state index in [9.17, 15) is 0 Å². The van der Waals surface area contributed by atoms with E-state index < -0.39 is 0 Å². The quantitative estimate of drug-likeness (QED) is 0.631. The first-order valence-electron chi connectivity index (χ1n) is 4.84. The van der Waals surface area contributed by atoms with Gasteiger partial charge in [0.2, 0.25) is 0 Å². The SMILES string of the molecule is CCc1nsc(SCc2cccnc2Cl)n1. The molecule has 0 radical (unpaired) electrons. The number of hydrogen-bond acceptors (Lipinski definition) is 5. The molecule has 84 valence electrons. The molecule has 0 aliphatic rings. The fourth-order valence-electron chi connectivity index (χ4n) is 1.11. The molecular weight excluding hydrogens is 262 g/mol. The second-order valence-corrected chi connectivity index (χ2v) is 5.40. The predicted octanol–water partition coefficient (Wildman–Crippen LogP) is 3.44. The highest BCUT2D eigenvalue weighted by Gasteiger charge is 2.05. The number of halogens is 1. The maximum Gasteiger partial charge on any atom is 0.170 e. The molecule has 16 heavy (non-hydrogen) atoms. The Morgan fingerprint density at radius 1 is 1.50 bits per heavy atom. The van der Waals surface area contributed by atoms with Crippen molar-refractivity contribution in [3.63, 3.8) is 0 Å². The van der Waals surface area contributed by atoms with Crippen LogP contribution in [0.4, 0.5) is 0 Å². The van der Waals surface area contributed by atoms with Crippen LogP contribution in [-0.2, 0) is 12.2 Å². The van der Waals surface area contributed by atoms with Crippen LogP contribution in [0, 0.1) is 0 Å². The van der Waals surface area contributed by atoms with Gasteiger partial charge in [0, 0.05) is 18.4 Å². The fraction of sp³-hybridized carbons (Fsp3) is 0.300. The van der Waals surface area contributed by atoms with Crippen molar-refractivity contribution in [3.05, 3.63) is 34.9 Å². The standard InChI is InChI=1S/C10H10ClN3S2/c1-2-8-13-10(16-14-8)15-6-7-4-3-5-12-9(7)11/h3-5H,2,6H2,1H3. The highest BCUT2D eigenvalue weighted by molar-refractivity contribution is 8.00. The summed E-state index contributed by atoms with van der Waals surface area (Å²) in [4.78, 5) is 8.41. The lowest BCUT2D eigenvalue weighted by molar-refractivity contribution is 0.971. The van der Waals surface area contributed by atoms with Gasteiger partial charge < -0.3 is 0 Å². The second-order valence-electron chi connectivity index (χ2n) is 3.07. The number of pyridine rings is 1. The van der Waals surface area contributed by atoms with Gasteiger partial charge in [0.1, 0.15) is 11.0 Å². The number of aryl methyl sites for hydroxylation is 1. The topological polar surface area (TPSA) is 38.7 Å². The summed E-state index contributed by atoms with van der Waals surface area (Å²) < 4.78 is 5.21. The summed E-state index contributed by atoms with van der Waals surface area (Å²) in [5, 5.41) is 0.565. The lowest BCUT2D eigenvalue weighted by Crippen LogP contribution is -1.85. The van der Waals surface area contributed by atoms with Gasteiger partial charge in [0.05, 0.1) is 0 Å². The van der Waals surface area contributed by atoms with Gasteiger partial charge in [-0.2, -0.15) is 4.37 Å². The third kappa shape index (κ3) is 2.93. The van der Waals surface area contributed by atoms with Crippen LogP contribution in [0.5, 0.6) is 0 Å². The minimum absolute atomic E-state index is 0.565. The molecular formula is C10H10ClN3S2. The smallest absolute Gasteiger partial charge is 0.170 e. The van der Waals surface area contributed by atoms with Gasteiger partial charge in [-0.25, -0.2) is 9.97 Å². The number of thioether (sulfide) groups is 1. The molecule has 0 saturated carbocycles. The highest BCUT2D eigenvalue weighted by atomic mass is 35.5. The zero-order valence-corrected chi connectivity index (χ0v) is 11.1. The summed E-state index contributed by atoms with van der Waals surface area (Å²) in [7, 11) is 0. The largest absolute Gasteiger partial charge is 0.244 e. The lowest BCUT2D eigenvalue weighted by Gasteiger charge is -1.99. The van der Waals surface area contributed by atoms with Crippen LogP contribution in [0.3, 0.4) is 0 Å². The fourth-order valence-corrected chi connectivity index (χ4v) is 3.05. The summed E-state index contributed by atoms with van der Waals surface area (Å²) in [5.74, 6) is 1.69. The minimum Gasteiger partial charge on any atom is -0.244 e. The highest BCUT2D eigenvalue weighted by Crippen LogP contribution is 2.26. The molecule has 0 aliphatic heterocycles. The summed E-state index contributed by atoms with van der Waals surface area (Å²) >= 11 is 9.05. The average molecular weight is 272 g/mol. The van der Waals surface area contributed by atoms with Crippen molar-refractivity contribution < 1.29 is 0 Å². The zero-order valence-electron chi connectivity index (χ0n) is 8.68. The number of nitrogens with zero attached hydrogens (tertiary/aromatic N) is 3. The first kappa shape index (κ1) is 11.8. The van der Waals surface area contributed by atoms with Crippen molar-refractivity contribution in [1.82, 2.24) is 14.3 Å². The summed E-state index contributed by atoms with van der Waals surface area (Å²) in [6, 6.07) is 3.86. The molecule has 0 amide bonds. The summed E-state index contributed by atoms with van der Waals surface area (Å²) in [6.07, 6.45) is 2.57. The molecule has 0 N–H and O–H groups in total. The van der Waals surface area contributed by atoms with Gasteiger partial charge >= 0.3 is 0 Å². The van der Waals surface area contributed by atoms with Crippen molar-refractivity contribution >= 4 is 34.9 Å². The molecule has 0 bridgehead atoms. The van der Waals surface area contributed by atoms with Crippen LogP contribution in [0.2, 0.25) is 5.15 Å². The third-order valence-electron chi connectivity index (χ3n) is 1.95. The van der Waals surface area contributed by atoms with E-state index in [1.54, 1.807) is 18.0 Å². The van der Waals surface area contributed by atoms with Crippen LogP contribution < -0.4 is 0 Å². The van der Waals surface area contributed by atoms with Crippen LogP contribution in [-0.4, -0.2) is 14.3 Å². The Kier molecular flexibility index (Phi) is 4.15. The molecule has 0 saturated heterocycles. The van der Waals surface area contributed by atoms with Gasteiger partial charge in [-0.1, -0.05) is 36.4 Å². The summed E-state index contributed by atoms with van der Waals surface area (Å²) in [6.45, 7) is 2.05. The molecule has 0 spiro atoms. The van der Waals surface area contributed by atoms with E-state index in [4.69, 9.17) is 11.6 Å². The van der Waals surface area contributed by atoms with E-state index >= 15 is 0 Å². The van der Waals surface area contributed by atoms with Crippen LogP contribution in [0.1, 0.15) is 18.3 Å². The van der Waals surface area contributed by atoms with Crippen molar-refractivity contribution in [1.29, 1.82) is 0 Å². The van der Waals surface area contributed by atoms with Gasteiger partial charge in [-0.05, 0) is 23.2 Å². The molecule has 0 atom stereocenters. The van der Waals surface area contributed by atoms with Crippen LogP contribution >= 0.6 is 34.9 Å². The molecule has 0 aromatic carbocycles. The minimum atomic E-state index is 0.565. The maximum atomic E-state index is 5.97. The number of hydrogen-bond donors (Lipinski definition) is 0. The van der Waals surface area contributed by atoms with Gasteiger partial charge in [0.15, 0.2) is 4.34 Å². The molecule has 2 heterocycles. The Morgan fingerprint density at radius 2 is 2.38 bits per heavy atom. The lowest BCUT2D eigenvalue weighted by atomic mass is 10.3. The third-order valence-corrected chi connectivity index (χ3v) is 4.21. The number of aromatic nitrogens is 3. The van der Waals surface area contributed by atoms with Crippen molar-refractivity contribution in [3.8, 4) is 0 Å². The van der Waals surface area contributed by atoms with E-state index in [1.807, 2.05) is 12.1 Å². The van der Waals surface area contributed by atoms with E-state index in [1.165, 1.54) is 11.5 Å². The van der Waals surface area contributed by atoms with Gasteiger partial charge in [0.25, 0.3) is 0 Å². The Balaban J connectivity index is 1.99. The van der Waals surface area contributed by atoms with E-state index in [0.29, 0.717) is 5.15 Å². The molecule has 2 aromatic heterocycles. The van der Waals surface area contributed by atoms with E-state index in [-0.39, 0.29) is 0 Å². The Bertz CT molecular complexity index is 473. The molecule has 6 heteroatoms. The first-order chi connectivity index (χ1) is 7.79. The van der Waals surface area contributed by atoms with Gasteiger partial charge in [-0.15, -0.1) is 0 Å². The molecule has 0 unspecified atom stereocenters. The van der Waals surface area contributed by atoms with E-state index in [0.717, 1.165) is 27.9 Å². The monoisotopic (exact) mass is 271 g/mol. The first-order valence-corrected chi connectivity index (χ1v) is 6.98. The summed E-state index contributed by atoms with van der Waals surface area (Å²) in [5.41, 5.74) is 1.03. The van der Waals surface area contributed by atoms with E-state index in [2.05, 4.69) is 21.3 Å². The molecule has 3 nitrogen and oxygen atoms in total. The molecule has 0 aliphatic carbocycles. The molecule has 2 aromatic rings. The van der Waals surface area contributed by atoms with Crippen LogP contribution in [0.25, 0.3) is 0 Å². The number of rotatable bonds is 4. The van der Waals surface area contributed by atoms with Gasteiger partial charge in [-0.3, -0.25) is 0 Å². The Hall–Kier alpha value is -0.650. The normalized spacial score (nSPS) is 10.6. The maximum absolute atomic E-state index is 5.97. The van der Waals surface area contributed by atoms with Crippen LogP contribution in [0.15, 0.2) is 22.7 Å². The Labute approximate surface area is 107 Å². The van der Waals surface area contributed by atoms with Crippen molar-refractivity contribution in [2.24, 2.45) is 0 Å². The average Bonchev–Trinajstić information content (AvgIpc) is 2.76. The second kappa shape index (κ2) is 5.61. The Morgan fingerprint density at radius 3 is 3.06 bits per heavy atom. The van der Waals surface area contributed by atoms with Crippen molar-refractivity contribution in [2.45, 2.75) is 23.4 Å². The molecule has 0 fully saturated rings.